The number of nitrogens with one attached hydrogen (secondary N) is 1. The first-order chi connectivity index (χ1) is 8.36. The maximum Gasteiger partial charge on any atom is 0.0312 e. The lowest BCUT2D eigenvalue weighted by Crippen LogP contribution is -2.32. The molecule has 1 aliphatic rings. The van der Waals surface area contributed by atoms with E-state index < -0.39 is 0 Å². The average Bonchev–Trinajstić information content (AvgIpc) is 2.66. The molecule has 94 valence electrons. The number of aromatic nitrogens is 1. The maximum atomic E-state index is 4.15. The summed E-state index contributed by atoms with van der Waals surface area (Å²) in [5.41, 5.74) is 1.29. The molecule has 2 nitrogen and oxygen atoms in total. The van der Waals surface area contributed by atoms with Gasteiger partial charge in [0.05, 0.1) is 0 Å². The first kappa shape index (κ1) is 12.6. The van der Waals surface area contributed by atoms with Crippen molar-refractivity contribution in [3.8, 4) is 0 Å². The highest BCUT2D eigenvalue weighted by Gasteiger charge is 2.18. The van der Waals surface area contributed by atoms with E-state index in [2.05, 4.69) is 23.3 Å². The zero-order valence-electron chi connectivity index (χ0n) is 10.9. The second kappa shape index (κ2) is 6.75. The van der Waals surface area contributed by atoms with Gasteiger partial charge in [0.15, 0.2) is 0 Å². The van der Waals surface area contributed by atoms with E-state index in [4.69, 9.17) is 0 Å². The standard InChI is InChI=1S/C15H24N2/c1-13(15-8-4-2-3-5-9-15)17-12-14-7-6-10-16-11-14/h6-7,10-11,13,15,17H,2-5,8-9,12H2,1H3/t13-/m0/s1. The predicted molar refractivity (Wildman–Crippen MR) is 71.7 cm³/mol. The van der Waals surface area contributed by atoms with Gasteiger partial charge in [-0.3, -0.25) is 4.98 Å². The fraction of sp³-hybridized carbons (Fsp3) is 0.667. The Morgan fingerprint density at radius 2 is 2.06 bits per heavy atom. The van der Waals surface area contributed by atoms with E-state index in [0.717, 1.165) is 12.5 Å². The van der Waals surface area contributed by atoms with Gasteiger partial charge in [-0.15, -0.1) is 0 Å². The summed E-state index contributed by atoms with van der Waals surface area (Å²) in [7, 11) is 0. The molecule has 1 aromatic heterocycles. The van der Waals surface area contributed by atoms with Crippen molar-refractivity contribution in [1.29, 1.82) is 0 Å². The molecule has 1 N–H and O–H groups in total. The maximum absolute atomic E-state index is 4.15. The second-order valence-corrected chi connectivity index (χ2v) is 5.28. The summed E-state index contributed by atoms with van der Waals surface area (Å²) in [4.78, 5) is 4.15. The number of hydrogen-bond donors (Lipinski definition) is 1. The van der Waals surface area contributed by atoms with Crippen molar-refractivity contribution in [2.75, 3.05) is 0 Å². The lowest BCUT2D eigenvalue weighted by Gasteiger charge is -2.23. The van der Waals surface area contributed by atoms with Crippen LogP contribution in [-0.2, 0) is 6.54 Å². The van der Waals surface area contributed by atoms with Gasteiger partial charge in [-0.05, 0) is 37.3 Å². The molecule has 17 heavy (non-hydrogen) atoms. The summed E-state index contributed by atoms with van der Waals surface area (Å²) in [6.07, 6.45) is 12.3. The minimum atomic E-state index is 0.633. The molecule has 0 amide bonds. The molecule has 1 aromatic rings. The molecule has 0 bridgehead atoms. The number of rotatable bonds is 4. The Bertz CT molecular complexity index is 302. The minimum Gasteiger partial charge on any atom is -0.310 e. The highest BCUT2D eigenvalue weighted by Crippen LogP contribution is 2.25. The van der Waals surface area contributed by atoms with E-state index in [0.29, 0.717) is 6.04 Å². The first-order valence-electron chi connectivity index (χ1n) is 6.98. The van der Waals surface area contributed by atoms with Crippen LogP contribution >= 0.6 is 0 Å². The number of pyridine rings is 1. The fourth-order valence-electron chi connectivity index (χ4n) is 2.76. The largest absolute Gasteiger partial charge is 0.310 e. The molecule has 2 rings (SSSR count). The Balaban J connectivity index is 1.78. The molecule has 1 saturated carbocycles. The topological polar surface area (TPSA) is 24.9 Å². The molecule has 1 aliphatic carbocycles. The SMILES string of the molecule is C[C@H](NCc1cccnc1)C1CCCCCC1. The van der Waals surface area contributed by atoms with Crippen LogP contribution in [0.5, 0.6) is 0 Å². The average molecular weight is 232 g/mol. The molecule has 2 heteroatoms. The van der Waals surface area contributed by atoms with Crippen LogP contribution in [0.15, 0.2) is 24.5 Å². The van der Waals surface area contributed by atoms with E-state index in [9.17, 15) is 0 Å². The summed E-state index contributed by atoms with van der Waals surface area (Å²) < 4.78 is 0. The van der Waals surface area contributed by atoms with Crippen molar-refractivity contribution in [2.24, 2.45) is 5.92 Å². The van der Waals surface area contributed by atoms with Gasteiger partial charge in [0.1, 0.15) is 0 Å². The summed E-state index contributed by atoms with van der Waals surface area (Å²) in [6.45, 7) is 3.29. The van der Waals surface area contributed by atoms with Gasteiger partial charge in [0.25, 0.3) is 0 Å². The Kier molecular flexibility index (Phi) is 4.99. The normalized spacial score (nSPS) is 19.8. The third-order valence-corrected chi connectivity index (χ3v) is 3.96. The molecule has 1 fully saturated rings. The van der Waals surface area contributed by atoms with Crippen molar-refractivity contribution in [2.45, 2.75) is 58.0 Å². The van der Waals surface area contributed by atoms with Gasteiger partial charge in [-0.1, -0.05) is 31.7 Å². The van der Waals surface area contributed by atoms with Crippen LogP contribution in [0.4, 0.5) is 0 Å². The van der Waals surface area contributed by atoms with Gasteiger partial charge >= 0.3 is 0 Å². The molecule has 0 radical (unpaired) electrons. The number of nitrogens with zero attached hydrogens (tertiary/aromatic N) is 1. The van der Waals surface area contributed by atoms with Crippen LogP contribution in [0.2, 0.25) is 0 Å². The van der Waals surface area contributed by atoms with E-state index in [1.165, 1.54) is 44.1 Å². The summed E-state index contributed by atoms with van der Waals surface area (Å²) in [5.74, 6) is 0.870. The van der Waals surface area contributed by atoms with E-state index >= 15 is 0 Å². The van der Waals surface area contributed by atoms with Crippen molar-refractivity contribution in [3.05, 3.63) is 30.1 Å². The minimum absolute atomic E-state index is 0.633. The van der Waals surface area contributed by atoms with Gasteiger partial charge < -0.3 is 5.32 Å². The van der Waals surface area contributed by atoms with Crippen LogP contribution in [-0.4, -0.2) is 11.0 Å². The quantitative estimate of drug-likeness (QED) is 0.803. The zero-order chi connectivity index (χ0) is 11.9. The van der Waals surface area contributed by atoms with Crippen molar-refractivity contribution >= 4 is 0 Å². The zero-order valence-corrected chi connectivity index (χ0v) is 10.9. The molecule has 0 aromatic carbocycles. The monoisotopic (exact) mass is 232 g/mol. The van der Waals surface area contributed by atoms with Gasteiger partial charge in [0.2, 0.25) is 0 Å². The summed E-state index contributed by atoms with van der Waals surface area (Å²) in [5, 5.41) is 3.66. The molecular formula is C15H24N2. The summed E-state index contributed by atoms with van der Waals surface area (Å²) in [6, 6.07) is 4.78. The van der Waals surface area contributed by atoms with Crippen LogP contribution < -0.4 is 5.32 Å². The van der Waals surface area contributed by atoms with Crippen LogP contribution in [0.1, 0.15) is 51.0 Å². The van der Waals surface area contributed by atoms with Crippen molar-refractivity contribution < 1.29 is 0 Å². The smallest absolute Gasteiger partial charge is 0.0312 e. The number of hydrogen-bond acceptors (Lipinski definition) is 2. The molecule has 1 heterocycles. The van der Waals surface area contributed by atoms with Crippen molar-refractivity contribution in [3.63, 3.8) is 0 Å². The highest BCUT2D eigenvalue weighted by molar-refractivity contribution is 5.08. The fourth-order valence-corrected chi connectivity index (χ4v) is 2.76. The Morgan fingerprint density at radius 3 is 2.71 bits per heavy atom. The molecular weight excluding hydrogens is 208 g/mol. The lowest BCUT2D eigenvalue weighted by molar-refractivity contribution is 0.336. The third-order valence-electron chi connectivity index (χ3n) is 3.96. The Morgan fingerprint density at radius 1 is 1.29 bits per heavy atom. The Labute approximate surface area is 105 Å². The van der Waals surface area contributed by atoms with Gasteiger partial charge in [0, 0.05) is 25.0 Å². The second-order valence-electron chi connectivity index (χ2n) is 5.28. The molecule has 0 spiro atoms. The summed E-state index contributed by atoms with van der Waals surface area (Å²) >= 11 is 0. The van der Waals surface area contributed by atoms with Crippen LogP contribution in [0.3, 0.4) is 0 Å². The van der Waals surface area contributed by atoms with Crippen LogP contribution in [0.25, 0.3) is 0 Å². The first-order valence-corrected chi connectivity index (χ1v) is 6.98. The van der Waals surface area contributed by atoms with Crippen molar-refractivity contribution in [1.82, 2.24) is 10.3 Å². The van der Waals surface area contributed by atoms with E-state index in [1.807, 2.05) is 18.5 Å². The third kappa shape index (κ3) is 4.12. The molecule has 0 unspecified atom stereocenters. The lowest BCUT2D eigenvalue weighted by atomic mass is 9.93. The van der Waals surface area contributed by atoms with E-state index in [-0.39, 0.29) is 0 Å². The predicted octanol–water partition coefficient (Wildman–Crippen LogP) is 3.53. The molecule has 0 saturated heterocycles. The van der Waals surface area contributed by atoms with E-state index in [1.54, 1.807) is 0 Å². The van der Waals surface area contributed by atoms with Gasteiger partial charge in [-0.25, -0.2) is 0 Å². The highest BCUT2D eigenvalue weighted by atomic mass is 14.9. The Hall–Kier alpha value is -0.890. The van der Waals surface area contributed by atoms with Crippen LogP contribution in [0, 0.1) is 5.92 Å². The van der Waals surface area contributed by atoms with Gasteiger partial charge in [-0.2, -0.15) is 0 Å². The molecule has 0 aliphatic heterocycles. The molecule has 1 atom stereocenters.